The van der Waals surface area contributed by atoms with Crippen LogP contribution in [0.1, 0.15) is 127 Å². The van der Waals surface area contributed by atoms with Crippen LogP contribution in [-0.4, -0.2) is 29.9 Å². The lowest BCUT2D eigenvalue weighted by Crippen LogP contribution is -2.38. The molecule has 0 amide bonds. The minimum Gasteiger partial charge on any atom is -0.458 e. The average Bonchev–Trinajstić information content (AvgIpc) is 3.49. The third-order valence-electron chi connectivity index (χ3n) is 11.2. The molecule has 0 aromatic rings. The monoisotopic (exact) mass is 570 g/mol. The third kappa shape index (κ3) is 7.66. The number of ether oxygens (including phenoxy) is 2. The summed E-state index contributed by atoms with van der Waals surface area (Å²) in [6.45, 7) is 21.0. The molecule has 41 heavy (non-hydrogen) atoms. The normalized spacial score (nSPS) is 32.8. The summed E-state index contributed by atoms with van der Waals surface area (Å²) in [5, 5.41) is 0. The van der Waals surface area contributed by atoms with Crippen molar-refractivity contribution in [1.82, 2.24) is 0 Å². The summed E-state index contributed by atoms with van der Waals surface area (Å²) in [5.74, 6) is 1.94. The van der Waals surface area contributed by atoms with Gasteiger partial charge in [0.25, 0.3) is 0 Å². The van der Waals surface area contributed by atoms with Gasteiger partial charge in [0.2, 0.25) is 0 Å². The Morgan fingerprint density at radius 1 is 1.02 bits per heavy atom. The van der Waals surface area contributed by atoms with Crippen molar-refractivity contribution < 1.29 is 23.9 Å². The zero-order valence-corrected chi connectivity index (χ0v) is 27.5. The SMILES string of the molecule is CC(CCCCC(C)(C)CCC(C)(C)C(CC(C)(C)C)C1C=CC(=O)CC1C)C(=O)OC1C2CC3C(=O)OC1C3C2. The van der Waals surface area contributed by atoms with Crippen molar-refractivity contribution in [1.29, 1.82) is 0 Å². The van der Waals surface area contributed by atoms with Gasteiger partial charge in [-0.25, -0.2) is 0 Å². The maximum atomic E-state index is 12.9. The van der Waals surface area contributed by atoms with Gasteiger partial charge >= 0.3 is 11.9 Å². The summed E-state index contributed by atoms with van der Waals surface area (Å²) < 4.78 is 11.5. The second-order valence-corrected chi connectivity index (χ2v) is 17.1. The van der Waals surface area contributed by atoms with Crippen molar-refractivity contribution in [3.05, 3.63) is 12.2 Å². The van der Waals surface area contributed by atoms with E-state index in [1.54, 1.807) is 0 Å². The zero-order valence-electron chi connectivity index (χ0n) is 27.5. The molecule has 0 spiro atoms. The minimum atomic E-state index is -0.227. The number of hydrogen-bond donors (Lipinski definition) is 0. The quantitative estimate of drug-likeness (QED) is 0.164. The van der Waals surface area contributed by atoms with Gasteiger partial charge in [-0.2, -0.15) is 0 Å². The largest absolute Gasteiger partial charge is 0.458 e. The van der Waals surface area contributed by atoms with Gasteiger partial charge in [0.1, 0.15) is 12.2 Å². The first-order valence-electron chi connectivity index (χ1n) is 16.6. The van der Waals surface area contributed by atoms with E-state index in [0.29, 0.717) is 30.1 Å². The van der Waals surface area contributed by atoms with E-state index in [-0.39, 0.29) is 63.9 Å². The van der Waals surface area contributed by atoms with E-state index in [9.17, 15) is 14.4 Å². The number of hydrogen-bond acceptors (Lipinski definition) is 5. The lowest BCUT2D eigenvalue weighted by molar-refractivity contribution is -0.165. The molecule has 3 aliphatic carbocycles. The molecule has 5 nitrogen and oxygen atoms in total. The van der Waals surface area contributed by atoms with Crippen molar-refractivity contribution in [2.75, 3.05) is 0 Å². The van der Waals surface area contributed by atoms with Gasteiger partial charge in [-0.1, -0.05) is 81.2 Å². The molecule has 9 unspecified atom stereocenters. The van der Waals surface area contributed by atoms with Gasteiger partial charge in [-0.3, -0.25) is 14.4 Å². The Bertz CT molecular complexity index is 1000. The minimum absolute atomic E-state index is 0.0500. The van der Waals surface area contributed by atoms with Crippen LogP contribution in [-0.2, 0) is 23.9 Å². The number of allylic oxidation sites excluding steroid dienone is 2. The number of ketones is 1. The first kappa shape index (κ1) is 32.3. The molecule has 0 radical (unpaired) electrons. The lowest BCUT2D eigenvalue weighted by atomic mass is 9.59. The topological polar surface area (TPSA) is 69.7 Å². The number of carbonyl (C=O) groups excluding carboxylic acids is 3. The summed E-state index contributed by atoms with van der Waals surface area (Å²) in [4.78, 5) is 37.0. The van der Waals surface area contributed by atoms with E-state index >= 15 is 0 Å². The summed E-state index contributed by atoms with van der Waals surface area (Å²) in [7, 11) is 0. The molecule has 9 atom stereocenters. The molecule has 2 saturated carbocycles. The highest BCUT2D eigenvalue weighted by molar-refractivity contribution is 5.90. The first-order chi connectivity index (χ1) is 19.0. The molecule has 5 heteroatoms. The molecule has 1 saturated heterocycles. The van der Waals surface area contributed by atoms with Crippen LogP contribution >= 0.6 is 0 Å². The van der Waals surface area contributed by atoms with Crippen molar-refractivity contribution >= 4 is 17.7 Å². The Morgan fingerprint density at radius 2 is 1.73 bits per heavy atom. The first-order valence-corrected chi connectivity index (χ1v) is 16.6. The second-order valence-electron chi connectivity index (χ2n) is 17.1. The summed E-state index contributed by atoms with van der Waals surface area (Å²) in [6.07, 6.45) is 13.7. The van der Waals surface area contributed by atoms with Crippen LogP contribution < -0.4 is 0 Å². The molecule has 4 aliphatic rings. The Hall–Kier alpha value is -1.65. The fraction of sp³-hybridized carbons (Fsp3) is 0.861. The Labute approximate surface area is 250 Å². The molecule has 4 rings (SSSR count). The second kappa shape index (κ2) is 12.2. The highest BCUT2D eigenvalue weighted by Crippen LogP contribution is 2.55. The molecular formula is C36H58O5. The molecule has 0 aromatic carbocycles. The zero-order chi connectivity index (χ0) is 30.3. The maximum absolute atomic E-state index is 12.9. The van der Waals surface area contributed by atoms with Gasteiger partial charge in [0.15, 0.2) is 5.78 Å². The average molecular weight is 571 g/mol. The maximum Gasteiger partial charge on any atom is 0.309 e. The van der Waals surface area contributed by atoms with Gasteiger partial charge in [0, 0.05) is 18.3 Å². The summed E-state index contributed by atoms with van der Waals surface area (Å²) in [6, 6.07) is 0. The highest BCUT2D eigenvalue weighted by atomic mass is 16.6. The fourth-order valence-corrected chi connectivity index (χ4v) is 8.51. The Kier molecular flexibility index (Phi) is 9.56. The van der Waals surface area contributed by atoms with Crippen molar-refractivity contribution in [3.63, 3.8) is 0 Å². The van der Waals surface area contributed by atoms with Crippen molar-refractivity contribution in [3.8, 4) is 0 Å². The molecule has 232 valence electrons. The van der Waals surface area contributed by atoms with E-state index < -0.39 is 0 Å². The van der Waals surface area contributed by atoms with Crippen LogP contribution in [0, 0.1) is 57.7 Å². The van der Waals surface area contributed by atoms with Crippen LogP contribution in [0.3, 0.4) is 0 Å². The smallest absolute Gasteiger partial charge is 0.309 e. The van der Waals surface area contributed by atoms with Gasteiger partial charge < -0.3 is 9.47 Å². The molecule has 0 aromatic heterocycles. The Balaban J connectivity index is 1.22. The Morgan fingerprint density at radius 3 is 2.39 bits per heavy atom. The summed E-state index contributed by atoms with van der Waals surface area (Å²) >= 11 is 0. The summed E-state index contributed by atoms with van der Waals surface area (Å²) in [5.41, 5.74) is 0.661. The van der Waals surface area contributed by atoms with Gasteiger partial charge in [-0.15, -0.1) is 0 Å². The van der Waals surface area contributed by atoms with Crippen LogP contribution in [0.15, 0.2) is 12.2 Å². The number of unbranched alkanes of at least 4 members (excludes halogenated alkanes) is 1. The molecule has 2 bridgehead atoms. The number of fused-ring (bicyclic) bond motifs is 1. The molecule has 0 N–H and O–H groups in total. The van der Waals surface area contributed by atoms with Gasteiger partial charge in [0.05, 0.1) is 11.8 Å². The molecule has 3 fully saturated rings. The van der Waals surface area contributed by atoms with E-state index in [0.717, 1.165) is 44.9 Å². The standard InChI is InChI=1S/C36H58O5/c1-22(32(38)40-30-24-19-27-28(20-24)33(39)41-31(27)30)12-10-11-15-35(6,7)16-17-36(8,9)29(21-34(3,4)5)26-14-13-25(37)18-23(26)2/h13-14,22-24,26-31H,10-12,15-21H2,1-9H3. The molecule has 1 heterocycles. The number of carbonyl (C=O) groups is 3. The van der Waals surface area contributed by atoms with Crippen molar-refractivity contribution in [2.24, 2.45) is 57.7 Å². The fourth-order valence-electron chi connectivity index (χ4n) is 8.51. The van der Waals surface area contributed by atoms with E-state index in [2.05, 4.69) is 61.5 Å². The third-order valence-corrected chi connectivity index (χ3v) is 11.2. The number of rotatable bonds is 13. The van der Waals surface area contributed by atoms with Crippen molar-refractivity contribution in [2.45, 2.75) is 139 Å². The predicted molar refractivity (Wildman–Crippen MR) is 163 cm³/mol. The van der Waals surface area contributed by atoms with Crippen LogP contribution in [0.5, 0.6) is 0 Å². The number of esters is 2. The molecular weight excluding hydrogens is 512 g/mol. The van der Waals surface area contributed by atoms with E-state index in [4.69, 9.17) is 9.47 Å². The highest BCUT2D eigenvalue weighted by Gasteiger charge is 2.63. The van der Waals surface area contributed by atoms with Crippen LogP contribution in [0.4, 0.5) is 0 Å². The lowest BCUT2D eigenvalue weighted by Gasteiger charge is -2.46. The molecule has 1 aliphatic heterocycles. The van der Waals surface area contributed by atoms with E-state index in [1.807, 2.05) is 13.0 Å². The predicted octanol–water partition coefficient (Wildman–Crippen LogP) is 8.34. The van der Waals surface area contributed by atoms with E-state index in [1.165, 1.54) is 12.8 Å². The van der Waals surface area contributed by atoms with Gasteiger partial charge in [-0.05, 0) is 85.0 Å². The van der Waals surface area contributed by atoms with Crippen LogP contribution in [0.25, 0.3) is 0 Å². The van der Waals surface area contributed by atoms with Crippen LogP contribution in [0.2, 0.25) is 0 Å².